The van der Waals surface area contributed by atoms with E-state index in [1.807, 2.05) is 12.1 Å². The van der Waals surface area contributed by atoms with Crippen LogP contribution in [-0.4, -0.2) is 24.5 Å². The van der Waals surface area contributed by atoms with Crippen LogP contribution in [0.1, 0.15) is 30.7 Å². The predicted molar refractivity (Wildman–Crippen MR) is 87.2 cm³/mol. The summed E-state index contributed by atoms with van der Waals surface area (Å²) in [6.45, 7) is 7.17. The first kappa shape index (κ1) is 15.8. The minimum atomic E-state index is 0.541. The van der Waals surface area contributed by atoms with E-state index < -0.39 is 0 Å². The number of rotatable bonds is 8. The Bertz CT molecular complexity index is 520. The second kappa shape index (κ2) is 8.01. The average Bonchev–Trinajstić information content (AvgIpc) is 2.93. The molecule has 0 saturated heterocycles. The van der Waals surface area contributed by atoms with Crippen molar-refractivity contribution in [2.24, 2.45) is 0 Å². The Morgan fingerprint density at radius 2 is 1.81 bits per heavy atom. The monoisotopic (exact) mass is 286 g/mol. The third kappa shape index (κ3) is 5.37. The number of nitrogens with zero attached hydrogens (tertiary/aromatic N) is 1. The third-order valence-corrected chi connectivity index (χ3v) is 3.51. The van der Waals surface area contributed by atoms with Gasteiger partial charge in [0, 0.05) is 12.6 Å². The number of benzene rings is 1. The largest absolute Gasteiger partial charge is 0.468 e. The zero-order valence-electron chi connectivity index (χ0n) is 13.3. The van der Waals surface area contributed by atoms with E-state index in [1.54, 1.807) is 6.26 Å². The zero-order chi connectivity index (χ0) is 15.1. The molecule has 0 aliphatic rings. The highest BCUT2D eigenvalue weighted by Crippen LogP contribution is 2.13. The second-order valence-corrected chi connectivity index (χ2v) is 5.88. The van der Waals surface area contributed by atoms with E-state index in [0.717, 1.165) is 31.8 Å². The number of nitrogens with one attached hydrogen (secondary N) is 1. The standard InChI is InChI=1S/C18H26N2O/c1-15(2)19-11-10-16-7-4-5-8-17(16)13-20(3)14-18-9-6-12-21-18/h4-9,12,15,19H,10-11,13-14H2,1-3H3. The van der Waals surface area contributed by atoms with Gasteiger partial charge in [-0.3, -0.25) is 4.90 Å². The summed E-state index contributed by atoms with van der Waals surface area (Å²) < 4.78 is 5.41. The molecular weight excluding hydrogens is 260 g/mol. The summed E-state index contributed by atoms with van der Waals surface area (Å²) in [5.41, 5.74) is 2.83. The van der Waals surface area contributed by atoms with Crippen molar-refractivity contribution in [1.29, 1.82) is 0 Å². The van der Waals surface area contributed by atoms with Crippen molar-refractivity contribution in [3.05, 3.63) is 59.5 Å². The maximum atomic E-state index is 5.41. The molecule has 1 N–H and O–H groups in total. The SMILES string of the molecule is CC(C)NCCc1ccccc1CN(C)Cc1ccco1. The minimum absolute atomic E-state index is 0.541. The molecule has 0 atom stereocenters. The molecule has 3 nitrogen and oxygen atoms in total. The lowest BCUT2D eigenvalue weighted by Gasteiger charge is -2.18. The number of furan rings is 1. The van der Waals surface area contributed by atoms with Gasteiger partial charge in [-0.05, 0) is 43.3 Å². The van der Waals surface area contributed by atoms with Crippen LogP contribution in [0, 0.1) is 0 Å². The maximum Gasteiger partial charge on any atom is 0.117 e. The fraction of sp³-hybridized carbons (Fsp3) is 0.444. The lowest BCUT2D eigenvalue weighted by Crippen LogP contribution is -2.25. The van der Waals surface area contributed by atoms with E-state index in [2.05, 4.69) is 55.4 Å². The molecule has 0 bridgehead atoms. The normalized spacial score (nSPS) is 11.5. The highest BCUT2D eigenvalue weighted by molar-refractivity contribution is 5.27. The summed E-state index contributed by atoms with van der Waals surface area (Å²) in [5, 5.41) is 3.48. The van der Waals surface area contributed by atoms with Gasteiger partial charge in [0.1, 0.15) is 5.76 Å². The van der Waals surface area contributed by atoms with Crippen molar-refractivity contribution < 1.29 is 4.42 Å². The smallest absolute Gasteiger partial charge is 0.117 e. The van der Waals surface area contributed by atoms with Crippen molar-refractivity contribution in [2.45, 2.75) is 39.4 Å². The fourth-order valence-corrected chi connectivity index (χ4v) is 2.47. The van der Waals surface area contributed by atoms with Crippen molar-refractivity contribution >= 4 is 0 Å². The van der Waals surface area contributed by atoms with E-state index >= 15 is 0 Å². The summed E-state index contributed by atoms with van der Waals surface area (Å²) in [7, 11) is 2.13. The van der Waals surface area contributed by atoms with E-state index in [1.165, 1.54) is 11.1 Å². The molecule has 0 unspecified atom stereocenters. The molecule has 0 aliphatic carbocycles. The molecule has 0 aliphatic heterocycles. The number of hydrogen-bond donors (Lipinski definition) is 1. The second-order valence-electron chi connectivity index (χ2n) is 5.88. The molecule has 2 aromatic rings. The van der Waals surface area contributed by atoms with Gasteiger partial charge in [0.05, 0.1) is 12.8 Å². The van der Waals surface area contributed by atoms with Gasteiger partial charge in [0.25, 0.3) is 0 Å². The first-order valence-corrected chi connectivity index (χ1v) is 7.66. The molecule has 1 heterocycles. The molecule has 1 aromatic carbocycles. The minimum Gasteiger partial charge on any atom is -0.468 e. The Morgan fingerprint density at radius 1 is 1.05 bits per heavy atom. The van der Waals surface area contributed by atoms with Crippen molar-refractivity contribution in [2.75, 3.05) is 13.6 Å². The Kier molecular flexibility index (Phi) is 6.03. The summed E-state index contributed by atoms with van der Waals surface area (Å²) in [5.74, 6) is 1.01. The highest BCUT2D eigenvalue weighted by atomic mass is 16.3. The van der Waals surface area contributed by atoms with Crippen LogP contribution < -0.4 is 5.32 Å². The van der Waals surface area contributed by atoms with E-state index in [9.17, 15) is 0 Å². The van der Waals surface area contributed by atoms with E-state index in [-0.39, 0.29) is 0 Å². The van der Waals surface area contributed by atoms with Crippen LogP contribution in [-0.2, 0) is 19.5 Å². The molecule has 0 fully saturated rings. The zero-order valence-corrected chi connectivity index (χ0v) is 13.3. The molecular formula is C18H26N2O. The van der Waals surface area contributed by atoms with Crippen LogP contribution in [0.15, 0.2) is 47.1 Å². The Labute approximate surface area is 128 Å². The van der Waals surface area contributed by atoms with Crippen LogP contribution >= 0.6 is 0 Å². The van der Waals surface area contributed by atoms with Crippen molar-refractivity contribution in [3.8, 4) is 0 Å². The van der Waals surface area contributed by atoms with Gasteiger partial charge in [-0.25, -0.2) is 0 Å². The first-order chi connectivity index (χ1) is 10.1. The quantitative estimate of drug-likeness (QED) is 0.805. The van der Waals surface area contributed by atoms with Crippen molar-refractivity contribution in [3.63, 3.8) is 0 Å². The molecule has 2 rings (SSSR count). The topological polar surface area (TPSA) is 28.4 Å². The molecule has 0 amide bonds. The summed E-state index contributed by atoms with van der Waals surface area (Å²) in [6, 6.07) is 13.2. The van der Waals surface area contributed by atoms with Gasteiger partial charge in [-0.1, -0.05) is 38.1 Å². The molecule has 21 heavy (non-hydrogen) atoms. The van der Waals surface area contributed by atoms with Crippen molar-refractivity contribution in [1.82, 2.24) is 10.2 Å². The lowest BCUT2D eigenvalue weighted by atomic mass is 10.0. The predicted octanol–water partition coefficient (Wildman–Crippen LogP) is 3.45. The molecule has 0 spiro atoms. The van der Waals surface area contributed by atoms with Gasteiger partial charge in [0.2, 0.25) is 0 Å². The summed E-state index contributed by atoms with van der Waals surface area (Å²) in [6.07, 6.45) is 2.80. The first-order valence-electron chi connectivity index (χ1n) is 7.66. The van der Waals surface area contributed by atoms with Crippen LogP contribution in [0.3, 0.4) is 0 Å². The van der Waals surface area contributed by atoms with Crippen LogP contribution in [0.5, 0.6) is 0 Å². The molecule has 114 valence electrons. The van der Waals surface area contributed by atoms with Crippen LogP contribution in [0.2, 0.25) is 0 Å². The Morgan fingerprint density at radius 3 is 2.48 bits per heavy atom. The fourth-order valence-electron chi connectivity index (χ4n) is 2.47. The Hall–Kier alpha value is -1.58. The molecule has 0 saturated carbocycles. The molecule has 1 aromatic heterocycles. The van der Waals surface area contributed by atoms with E-state index in [4.69, 9.17) is 4.42 Å². The Balaban J connectivity index is 1.92. The van der Waals surface area contributed by atoms with Gasteiger partial charge in [0.15, 0.2) is 0 Å². The van der Waals surface area contributed by atoms with E-state index in [0.29, 0.717) is 6.04 Å². The van der Waals surface area contributed by atoms with Crippen LogP contribution in [0.4, 0.5) is 0 Å². The maximum absolute atomic E-state index is 5.41. The summed E-state index contributed by atoms with van der Waals surface area (Å²) in [4.78, 5) is 2.29. The number of hydrogen-bond acceptors (Lipinski definition) is 3. The van der Waals surface area contributed by atoms with Gasteiger partial charge in [-0.2, -0.15) is 0 Å². The van der Waals surface area contributed by atoms with Gasteiger partial charge >= 0.3 is 0 Å². The third-order valence-electron chi connectivity index (χ3n) is 3.51. The lowest BCUT2D eigenvalue weighted by molar-refractivity contribution is 0.287. The van der Waals surface area contributed by atoms with Gasteiger partial charge in [-0.15, -0.1) is 0 Å². The average molecular weight is 286 g/mol. The summed E-state index contributed by atoms with van der Waals surface area (Å²) >= 11 is 0. The molecule has 3 heteroatoms. The van der Waals surface area contributed by atoms with Crippen LogP contribution in [0.25, 0.3) is 0 Å². The highest BCUT2D eigenvalue weighted by Gasteiger charge is 2.07. The molecule has 0 radical (unpaired) electrons. The van der Waals surface area contributed by atoms with Gasteiger partial charge < -0.3 is 9.73 Å².